The molecule has 0 bridgehead atoms. The van der Waals surface area contributed by atoms with Gasteiger partial charge in [-0.3, -0.25) is 14.1 Å². The fourth-order valence-electron chi connectivity index (χ4n) is 5.27. The molecule has 0 radical (unpaired) electrons. The Morgan fingerprint density at radius 3 is 2.44 bits per heavy atom. The van der Waals surface area contributed by atoms with Crippen LogP contribution in [0, 0.1) is 5.82 Å². The molecule has 0 atom stereocenters. The first-order valence-electron chi connectivity index (χ1n) is 14.0. The molecule has 43 heavy (non-hydrogen) atoms. The second-order valence-electron chi connectivity index (χ2n) is 11.1. The van der Waals surface area contributed by atoms with Crippen LogP contribution in [0.25, 0.3) is 22.2 Å². The third-order valence-corrected chi connectivity index (χ3v) is 8.85. The maximum Gasteiger partial charge on any atom is 0.390 e. The van der Waals surface area contributed by atoms with Gasteiger partial charge in [0.05, 0.1) is 17.9 Å². The number of hydrogen-bond donors (Lipinski definition) is 2. The number of nitrogens with zero attached hydrogens (tertiary/aromatic N) is 4. The number of halogens is 5. The lowest BCUT2D eigenvalue weighted by atomic mass is 9.90. The van der Waals surface area contributed by atoms with Crippen LogP contribution in [0.1, 0.15) is 52.0 Å². The molecule has 3 aromatic rings. The molecule has 2 aromatic heterocycles. The summed E-state index contributed by atoms with van der Waals surface area (Å²) in [6, 6.07) is 4.97. The van der Waals surface area contributed by atoms with Gasteiger partial charge in [-0.05, 0) is 70.3 Å². The van der Waals surface area contributed by atoms with Gasteiger partial charge in [0.25, 0.3) is 5.56 Å². The second kappa shape index (κ2) is 13.1. The summed E-state index contributed by atoms with van der Waals surface area (Å²) in [5.41, 5.74) is -0.341. The van der Waals surface area contributed by atoms with Gasteiger partial charge in [0.1, 0.15) is 18.1 Å². The van der Waals surface area contributed by atoms with E-state index in [2.05, 4.69) is 15.3 Å². The number of hydrogen-bond acceptors (Lipinski definition) is 7. The highest BCUT2D eigenvalue weighted by Crippen LogP contribution is 2.28. The summed E-state index contributed by atoms with van der Waals surface area (Å²) < 4.78 is 92.3. The lowest BCUT2D eigenvalue weighted by Crippen LogP contribution is -2.39. The molecule has 236 valence electrons. The number of aromatic nitrogens is 3. The van der Waals surface area contributed by atoms with E-state index in [1.165, 1.54) is 16.7 Å². The van der Waals surface area contributed by atoms with Gasteiger partial charge in [-0.15, -0.1) is 0 Å². The Labute approximate surface area is 246 Å². The number of anilines is 2. The van der Waals surface area contributed by atoms with E-state index in [0.717, 1.165) is 37.8 Å². The maximum atomic E-state index is 14.9. The number of sulfonamides is 1. The molecular formula is C28H35F5N6O3S. The third-order valence-electron chi connectivity index (χ3n) is 7.58. The van der Waals surface area contributed by atoms with Gasteiger partial charge in [0.2, 0.25) is 16.0 Å². The Bertz CT molecular complexity index is 1600. The van der Waals surface area contributed by atoms with Gasteiger partial charge in [-0.1, -0.05) is 6.07 Å². The summed E-state index contributed by atoms with van der Waals surface area (Å²) in [6.07, 6.45) is -1.16. The summed E-state index contributed by atoms with van der Waals surface area (Å²) in [5, 5.41) is 3.86. The van der Waals surface area contributed by atoms with Crippen LogP contribution in [0.3, 0.4) is 0 Å². The van der Waals surface area contributed by atoms with Crippen molar-refractivity contribution in [1.82, 2.24) is 19.4 Å². The number of benzene rings is 1. The van der Waals surface area contributed by atoms with Crippen molar-refractivity contribution in [3.63, 3.8) is 0 Å². The predicted molar refractivity (Wildman–Crippen MR) is 156 cm³/mol. The zero-order chi connectivity index (χ0) is 31.5. The Kier molecular flexibility index (Phi) is 9.94. The van der Waals surface area contributed by atoms with Crippen molar-refractivity contribution in [1.29, 1.82) is 0 Å². The molecule has 15 heteroatoms. The molecule has 4 rings (SSSR count). The number of pyridine rings is 1. The Hall–Kier alpha value is -3.33. The summed E-state index contributed by atoms with van der Waals surface area (Å²) in [4.78, 5) is 24.7. The standard InChI is InChI=1S/C28H35F5N6O3S/c1-17(2)39-25-19(16-34-27(36-25)35-20-5-7-21(8-6-20)38(3)12-11-29)14-22(26(39)40)18-4-9-24(23(30)15-18)37-43(41,42)13-10-28(31,32)33/h4,9,14-17,20-21,37H,5-8,10-13H2,1-3H3,(H,34,35,36). The fraction of sp³-hybridized carbons (Fsp3) is 0.536. The first kappa shape index (κ1) is 32.6. The van der Waals surface area contributed by atoms with Crippen LogP contribution in [-0.4, -0.2) is 72.1 Å². The molecule has 9 nitrogen and oxygen atoms in total. The predicted octanol–water partition coefficient (Wildman–Crippen LogP) is 5.50. The highest BCUT2D eigenvalue weighted by molar-refractivity contribution is 7.92. The van der Waals surface area contributed by atoms with Crippen molar-refractivity contribution in [3.05, 3.63) is 46.6 Å². The summed E-state index contributed by atoms with van der Waals surface area (Å²) in [5.74, 6) is -1.94. The average Bonchev–Trinajstić information content (AvgIpc) is 2.93. The largest absolute Gasteiger partial charge is 0.390 e. The number of nitrogens with one attached hydrogen (secondary N) is 2. The van der Waals surface area contributed by atoms with E-state index in [1.807, 2.05) is 16.7 Å². The molecule has 2 N–H and O–H groups in total. The van der Waals surface area contributed by atoms with Crippen LogP contribution in [0.2, 0.25) is 0 Å². The SMILES string of the molecule is CC(C)n1c(=O)c(-c2ccc(NS(=O)(=O)CCC(F)(F)F)c(F)c2)cc2cnc(NC3CCC(N(C)CCF)CC3)nc21. The number of alkyl halides is 4. The highest BCUT2D eigenvalue weighted by atomic mass is 32.2. The zero-order valence-corrected chi connectivity index (χ0v) is 24.9. The van der Waals surface area contributed by atoms with Crippen LogP contribution in [0.15, 0.2) is 35.3 Å². The van der Waals surface area contributed by atoms with Crippen molar-refractivity contribution < 1.29 is 30.4 Å². The van der Waals surface area contributed by atoms with Gasteiger partial charge in [0, 0.05) is 41.8 Å². The summed E-state index contributed by atoms with van der Waals surface area (Å²) >= 11 is 0. The summed E-state index contributed by atoms with van der Waals surface area (Å²) in [7, 11) is -2.53. The van der Waals surface area contributed by atoms with E-state index in [1.54, 1.807) is 20.0 Å². The first-order valence-corrected chi connectivity index (χ1v) is 15.6. The quantitative estimate of drug-likeness (QED) is 0.270. The Morgan fingerprint density at radius 1 is 1.14 bits per heavy atom. The van der Waals surface area contributed by atoms with Gasteiger partial charge in [0.15, 0.2) is 0 Å². The molecule has 1 aliphatic carbocycles. The molecule has 1 saturated carbocycles. The molecule has 2 heterocycles. The van der Waals surface area contributed by atoms with Crippen molar-refractivity contribution in [2.45, 2.75) is 70.3 Å². The molecule has 0 unspecified atom stereocenters. The molecular weight excluding hydrogens is 595 g/mol. The van der Waals surface area contributed by atoms with Gasteiger partial charge in [-0.25, -0.2) is 22.2 Å². The molecule has 1 fully saturated rings. The van der Waals surface area contributed by atoms with Crippen LogP contribution < -0.4 is 15.6 Å². The smallest absolute Gasteiger partial charge is 0.351 e. The van der Waals surface area contributed by atoms with Crippen LogP contribution in [0.5, 0.6) is 0 Å². The van der Waals surface area contributed by atoms with E-state index in [9.17, 15) is 35.2 Å². The number of rotatable bonds is 11. The Balaban J connectivity index is 1.57. The lowest BCUT2D eigenvalue weighted by molar-refractivity contribution is -0.129. The first-order chi connectivity index (χ1) is 20.2. The molecule has 1 aliphatic rings. The van der Waals surface area contributed by atoms with E-state index in [0.29, 0.717) is 29.6 Å². The normalized spacial score (nSPS) is 18.0. The van der Waals surface area contributed by atoms with E-state index in [-0.39, 0.29) is 29.9 Å². The van der Waals surface area contributed by atoms with E-state index < -0.39 is 45.4 Å². The van der Waals surface area contributed by atoms with Gasteiger partial charge >= 0.3 is 6.18 Å². The minimum absolute atomic E-state index is 0.117. The van der Waals surface area contributed by atoms with Crippen molar-refractivity contribution in [2.24, 2.45) is 0 Å². The van der Waals surface area contributed by atoms with Gasteiger partial charge in [-0.2, -0.15) is 18.2 Å². The monoisotopic (exact) mass is 630 g/mol. The molecule has 0 aliphatic heterocycles. The summed E-state index contributed by atoms with van der Waals surface area (Å²) in [6.45, 7) is 3.63. The van der Waals surface area contributed by atoms with Crippen LogP contribution in [0.4, 0.5) is 33.6 Å². The molecule has 1 aromatic carbocycles. The third kappa shape index (κ3) is 8.19. The minimum atomic E-state index is -4.68. The molecule has 0 saturated heterocycles. The average molecular weight is 631 g/mol. The fourth-order valence-corrected chi connectivity index (χ4v) is 6.37. The van der Waals surface area contributed by atoms with Crippen molar-refractivity contribution in [2.75, 3.05) is 36.1 Å². The van der Waals surface area contributed by atoms with Crippen LogP contribution >= 0.6 is 0 Å². The van der Waals surface area contributed by atoms with Crippen molar-refractivity contribution in [3.8, 4) is 11.1 Å². The van der Waals surface area contributed by atoms with Crippen molar-refractivity contribution >= 4 is 32.7 Å². The van der Waals surface area contributed by atoms with E-state index >= 15 is 0 Å². The highest BCUT2D eigenvalue weighted by Gasteiger charge is 2.30. The van der Waals surface area contributed by atoms with Crippen LogP contribution in [-0.2, 0) is 10.0 Å². The number of fused-ring (bicyclic) bond motifs is 1. The van der Waals surface area contributed by atoms with E-state index in [4.69, 9.17) is 0 Å². The minimum Gasteiger partial charge on any atom is -0.351 e. The second-order valence-corrected chi connectivity index (χ2v) is 12.9. The maximum absolute atomic E-state index is 14.9. The molecule has 0 spiro atoms. The molecule has 0 amide bonds. The lowest BCUT2D eigenvalue weighted by Gasteiger charge is -2.34. The zero-order valence-electron chi connectivity index (χ0n) is 24.1. The topological polar surface area (TPSA) is 109 Å². The van der Waals surface area contributed by atoms with Gasteiger partial charge < -0.3 is 10.2 Å². The Morgan fingerprint density at radius 2 is 1.84 bits per heavy atom.